The molecule has 1 aliphatic heterocycles. The zero-order valence-corrected chi connectivity index (χ0v) is 34.8. The Hall–Kier alpha value is -4.59. The van der Waals surface area contributed by atoms with Crippen LogP contribution in [0.2, 0.25) is 0 Å². The number of oxime groups is 1. The summed E-state index contributed by atoms with van der Waals surface area (Å²) in [6.07, 6.45) is 9.81. The van der Waals surface area contributed by atoms with Crippen LogP contribution in [0.5, 0.6) is 23.0 Å². The number of allylic oxidation sites excluding steroid dienone is 1. The number of likely N-dealkylation sites (N-methyl/N-ethyl adjacent to an activating group) is 1. The fourth-order valence-electron chi connectivity index (χ4n) is 8.90. The predicted octanol–water partition coefficient (Wildman–Crippen LogP) is 7.62. The van der Waals surface area contributed by atoms with E-state index in [1.165, 1.54) is 7.11 Å². The number of ether oxygens (including phenoxy) is 5. The van der Waals surface area contributed by atoms with Crippen molar-refractivity contribution in [1.29, 1.82) is 0 Å². The number of anilines is 1. The van der Waals surface area contributed by atoms with E-state index in [4.69, 9.17) is 33.7 Å². The minimum atomic E-state index is -1.34. The second-order valence-corrected chi connectivity index (χ2v) is 16.8. The van der Waals surface area contributed by atoms with Crippen molar-refractivity contribution < 1.29 is 48.3 Å². The van der Waals surface area contributed by atoms with E-state index in [2.05, 4.69) is 18.0 Å². The van der Waals surface area contributed by atoms with Crippen molar-refractivity contribution in [2.75, 3.05) is 46.4 Å². The fraction of sp³-hybridized carbons (Fsp3) is 0.578. The van der Waals surface area contributed by atoms with E-state index in [0.29, 0.717) is 47.9 Å². The molecule has 58 heavy (non-hydrogen) atoms. The van der Waals surface area contributed by atoms with Crippen LogP contribution >= 0.6 is 0 Å². The Morgan fingerprint density at radius 2 is 1.74 bits per heavy atom. The fourth-order valence-corrected chi connectivity index (χ4v) is 8.90. The highest BCUT2D eigenvalue weighted by Crippen LogP contribution is 2.62. The molecular formula is C45H61N3O10. The Labute approximate surface area is 342 Å². The van der Waals surface area contributed by atoms with Gasteiger partial charge in [0.05, 0.1) is 38.1 Å². The topological polar surface area (TPSA) is 158 Å². The molecule has 0 aromatic heterocycles. The average Bonchev–Trinajstić information content (AvgIpc) is 4.06. The molecule has 316 valence electrons. The van der Waals surface area contributed by atoms with Crippen molar-refractivity contribution >= 4 is 23.4 Å². The first-order valence-corrected chi connectivity index (χ1v) is 20.6. The van der Waals surface area contributed by atoms with Crippen LogP contribution in [0, 0.1) is 23.7 Å². The van der Waals surface area contributed by atoms with Gasteiger partial charge in [-0.3, -0.25) is 10.1 Å². The number of rotatable bonds is 18. The summed E-state index contributed by atoms with van der Waals surface area (Å²) in [4.78, 5) is 35.4. The molecule has 0 bridgehead atoms. The van der Waals surface area contributed by atoms with Gasteiger partial charge < -0.3 is 43.6 Å². The maximum absolute atomic E-state index is 14.0. The number of carbonyl (C=O) groups is 2. The van der Waals surface area contributed by atoms with Crippen molar-refractivity contribution in [1.82, 2.24) is 4.90 Å². The molecule has 2 aromatic carbocycles. The number of amides is 2. The van der Waals surface area contributed by atoms with Crippen molar-refractivity contribution in [2.45, 2.75) is 102 Å². The molecule has 6 atom stereocenters. The van der Waals surface area contributed by atoms with Gasteiger partial charge in [-0.15, -0.1) is 6.58 Å². The summed E-state index contributed by atoms with van der Waals surface area (Å²) >= 11 is 0. The number of nitrogens with one attached hydrogen (secondary N) is 1. The van der Waals surface area contributed by atoms with Gasteiger partial charge in [-0.1, -0.05) is 30.1 Å². The summed E-state index contributed by atoms with van der Waals surface area (Å²) in [5.74, 6) is -0.111. The molecule has 2 fully saturated rings. The van der Waals surface area contributed by atoms with Crippen LogP contribution in [0.4, 0.5) is 10.5 Å². The summed E-state index contributed by atoms with van der Waals surface area (Å²) in [5.41, 5.74) is 2.35. The van der Waals surface area contributed by atoms with Crippen molar-refractivity contribution in [2.24, 2.45) is 28.8 Å². The first kappa shape index (κ1) is 43.0. The molecule has 13 nitrogen and oxygen atoms in total. The lowest BCUT2D eigenvalue weighted by Crippen LogP contribution is -2.69. The maximum atomic E-state index is 14.0. The molecular weight excluding hydrogens is 743 g/mol. The molecule has 0 spiro atoms. The number of hydrogen-bond donors (Lipinski definition) is 3. The molecule has 13 heteroatoms. The molecule has 0 saturated heterocycles. The molecule has 2 aromatic rings. The first-order chi connectivity index (χ1) is 27.9. The Morgan fingerprint density at radius 3 is 2.40 bits per heavy atom. The highest BCUT2D eigenvalue weighted by atomic mass is 16.7. The number of methoxy groups -OCH3 is 2. The van der Waals surface area contributed by atoms with E-state index < -0.39 is 29.4 Å². The second-order valence-electron chi connectivity index (χ2n) is 16.8. The standard InChI is InChI=1S/C45H61N3O10/c1-8-23-55-45-39(48(5)42(51)28-15-16-28)27-36(47-58-44(2,3)4)33-24-29(13-9-11-21-49)32(14-10-12-22-50)40(41(33)45)34-25-31(18-20-37(34)57-45)56-43(52)46-35-19-17-30(53-6)26-38(35)54-7/h8,17-20,24-26,28-29,32,39-41,49-50H,1,9-16,21-23,27H2,2-7H3,(H,46,52)/t29-,32+,39-,40+,41+,45+/m0/s1. The highest BCUT2D eigenvalue weighted by molar-refractivity contribution is 6.03. The number of aliphatic hydroxyl groups excluding tert-OH is 2. The van der Waals surface area contributed by atoms with Gasteiger partial charge in [0.2, 0.25) is 11.7 Å². The van der Waals surface area contributed by atoms with Gasteiger partial charge in [0.1, 0.15) is 34.6 Å². The van der Waals surface area contributed by atoms with E-state index in [9.17, 15) is 19.8 Å². The molecule has 1 heterocycles. The predicted molar refractivity (Wildman–Crippen MR) is 220 cm³/mol. The number of benzene rings is 2. The molecule has 2 saturated carbocycles. The number of unbranched alkanes of at least 4 members (excludes halogenated alkanes) is 2. The summed E-state index contributed by atoms with van der Waals surface area (Å²) in [7, 11) is 4.90. The van der Waals surface area contributed by atoms with E-state index in [0.717, 1.165) is 55.4 Å². The number of nitrogens with zero attached hydrogens (tertiary/aromatic N) is 2. The second kappa shape index (κ2) is 18.6. The monoisotopic (exact) mass is 803 g/mol. The van der Waals surface area contributed by atoms with Crippen LogP contribution in [0.15, 0.2) is 65.9 Å². The van der Waals surface area contributed by atoms with Gasteiger partial charge in [0.25, 0.3) is 0 Å². The molecule has 3 N–H and O–H groups in total. The third kappa shape index (κ3) is 9.32. The molecule has 0 radical (unpaired) electrons. The molecule has 4 aliphatic rings. The van der Waals surface area contributed by atoms with E-state index in [1.54, 1.807) is 42.4 Å². The molecule has 6 rings (SSSR count). The van der Waals surface area contributed by atoms with Crippen LogP contribution < -0.4 is 24.3 Å². The Kier molecular flexibility index (Phi) is 13.8. The van der Waals surface area contributed by atoms with Crippen molar-refractivity contribution in [3.05, 3.63) is 66.3 Å². The lowest BCUT2D eigenvalue weighted by molar-refractivity contribution is -0.256. The largest absolute Gasteiger partial charge is 0.497 e. The smallest absolute Gasteiger partial charge is 0.417 e. The van der Waals surface area contributed by atoms with Gasteiger partial charge in [-0.05, 0) is 107 Å². The van der Waals surface area contributed by atoms with Gasteiger partial charge in [-0.25, -0.2) is 4.79 Å². The quantitative estimate of drug-likeness (QED) is 0.0779. The maximum Gasteiger partial charge on any atom is 0.417 e. The van der Waals surface area contributed by atoms with Gasteiger partial charge in [0.15, 0.2) is 0 Å². The van der Waals surface area contributed by atoms with Gasteiger partial charge >= 0.3 is 6.09 Å². The zero-order chi connectivity index (χ0) is 41.6. The van der Waals surface area contributed by atoms with Crippen LogP contribution in [0.3, 0.4) is 0 Å². The summed E-state index contributed by atoms with van der Waals surface area (Å²) in [5, 5.41) is 27.4. The summed E-state index contributed by atoms with van der Waals surface area (Å²) < 4.78 is 30.9. The third-order valence-corrected chi connectivity index (χ3v) is 11.7. The minimum Gasteiger partial charge on any atom is -0.497 e. The third-order valence-electron chi connectivity index (χ3n) is 11.7. The molecule has 0 unspecified atom stereocenters. The van der Waals surface area contributed by atoms with Crippen molar-refractivity contribution in [3.8, 4) is 23.0 Å². The van der Waals surface area contributed by atoms with Gasteiger partial charge in [-0.2, -0.15) is 0 Å². The lowest BCUT2D eigenvalue weighted by Gasteiger charge is -2.59. The van der Waals surface area contributed by atoms with E-state index >= 15 is 0 Å². The van der Waals surface area contributed by atoms with Crippen LogP contribution in [-0.2, 0) is 14.4 Å². The van der Waals surface area contributed by atoms with Gasteiger partial charge in [0, 0.05) is 50.1 Å². The number of hydrogen-bond acceptors (Lipinski definition) is 11. The highest BCUT2D eigenvalue weighted by Gasteiger charge is 2.65. The average molecular weight is 804 g/mol. The van der Waals surface area contributed by atoms with E-state index in [-0.39, 0.29) is 49.4 Å². The minimum absolute atomic E-state index is 0.0222. The summed E-state index contributed by atoms with van der Waals surface area (Å²) in [6.45, 7) is 10.2. The number of aliphatic hydroxyl groups is 2. The zero-order valence-electron chi connectivity index (χ0n) is 34.8. The van der Waals surface area contributed by atoms with Crippen molar-refractivity contribution in [3.63, 3.8) is 0 Å². The Morgan fingerprint density at radius 1 is 1.02 bits per heavy atom. The normalized spacial score (nSPS) is 25.3. The Bertz CT molecular complexity index is 1850. The lowest BCUT2D eigenvalue weighted by atomic mass is 9.55. The molecule has 3 aliphatic carbocycles. The van der Waals surface area contributed by atoms with E-state index in [1.807, 2.05) is 40.0 Å². The first-order valence-electron chi connectivity index (χ1n) is 20.6. The van der Waals surface area contributed by atoms with Crippen LogP contribution in [-0.4, -0.2) is 91.3 Å². The SMILES string of the molecule is C=CCO[C@@]12Oc3ccc(OC(=O)Nc4ccc(OC)cc4OC)cc3[C@H]3[C@H](CCCCO)[C@@H](CCCCO)C=C(C(=NOC(C)(C)C)C[C@@H]1N(C)C(=O)C1CC1)[C@H]32. The van der Waals surface area contributed by atoms with Crippen LogP contribution in [0.1, 0.15) is 90.0 Å². The molecule has 2 amide bonds. The number of carbonyl (C=O) groups excluding carboxylic acids is 2. The summed E-state index contributed by atoms with van der Waals surface area (Å²) in [6, 6.07) is 9.88. The van der Waals surface area contributed by atoms with Crippen LogP contribution in [0.25, 0.3) is 0 Å². The number of fused-ring (bicyclic) bond motifs is 2. The Balaban J connectivity index is 1.50.